The lowest BCUT2D eigenvalue weighted by Crippen LogP contribution is -2.24. The Morgan fingerprint density at radius 3 is 2.67 bits per heavy atom. The topological polar surface area (TPSA) is 62.7 Å². The molecule has 0 aliphatic carbocycles. The number of H-pyrrole nitrogens is 1. The van der Waals surface area contributed by atoms with E-state index in [1.807, 2.05) is 0 Å². The van der Waals surface area contributed by atoms with E-state index in [9.17, 15) is 4.79 Å². The fourth-order valence-electron chi connectivity index (χ4n) is 2.01. The highest BCUT2D eigenvalue weighted by Gasteiger charge is 2.13. The molecule has 2 rings (SSSR count). The molecule has 6 heteroatoms. The van der Waals surface area contributed by atoms with Gasteiger partial charge in [-0.05, 0) is 25.5 Å². The van der Waals surface area contributed by atoms with Gasteiger partial charge in [-0.2, -0.15) is 0 Å². The highest BCUT2D eigenvalue weighted by atomic mass is 32.2. The molecule has 0 radical (unpaired) electrons. The Morgan fingerprint density at radius 2 is 2.10 bits per heavy atom. The largest absolute Gasteiger partial charge is 0.343 e. The van der Waals surface area contributed by atoms with Crippen LogP contribution in [0.1, 0.15) is 30.5 Å². The van der Waals surface area contributed by atoms with Gasteiger partial charge in [0.2, 0.25) is 0 Å². The summed E-state index contributed by atoms with van der Waals surface area (Å²) in [6, 6.07) is 8.83. The second-order valence-corrected chi connectivity index (χ2v) is 6.09. The van der Waals surface area contributed by atoms with Gasteiger partial charge in [-0.25, -0.2) is 9.89 Å². The molecule has 0 saturated heterocycles. The zero-order valence-corrected chi connectivity index (χ0v) is 13.5. The lowest BCUT2D eigenvalue weighted by atomic mass is 10.1. The molecule has 0 aliphatic heterocycles. The van der Waals surface area contributed by atoms with Gasteiger partial charge >= 0.3 is 5.69 Å². The van der Waals surface area contributed by atoms with E-state index < -0.39 is 0 Å². The summed E-state index contributed by atoms with van der Waals surface area (Å²) in [6.07, 6.45) is 1.09. The monoisotopic (exact) mass is 306 g/mol. The Kier molecular flexibility index (Phi) is 5.64. The summed E-state index contributed by atoms with van der Waals surface area (Å²) in [6.45, 7) is 5.22. The Bertz CT molecular complexity index is 617. The van der Waals surface area contributed by atoms with Crippen LogP contribution in [0.2, 0.25) is 0 Å². The Morgan fingerprint density at radius 1 is 1.38 bits per heavy atom. The average Bonchev–Trinajstić information content (AvgIpc) is 2.80. The minimum Gasteiger partial charge on any atom is -0.309 e. The molecule has 2 aromatic rings. The molecule has 1 atom stereocenters. The lowest BCUT2D eigenvalue weighted by Gasteiger charge is -2.18. The average molecular weight is 306 g/mol. The fraction of sp³-hybridized carbons (Fsp3) is 0.467. The molecule has 21 heavy (non-hydrogen) atoms. The molecule has 0 fully saturated rings. The van der Waals surface area contributed by atoms with Gasteiger partial charge < -0.3 is 5.32 Å². The van der Waals surface area contributed by atoms with Crippen molar-refractivity contribution in [1.82, 2.24) is 20.1 Å². The number of aromatic nitrogens is 3. The molecule has 1 unspecified atom stereocenters. The maximum Gasteiger partial charge on any atom is 0.343 e. The van der Waals surface area contributed by atoms with E-state index in [1.165, 1.54) is 15.7 Å². The van der Waals surface area contributed by atoms with E-state index in [4.69, 9.17) is 0 Å². The first-order valence-corrected chi connectivity index (χ1v) is 8.14. The molecule has 5 nitrogen and oxygen atoms in total. The van der Waals surface area contributed by atoms with Crippen molar-refractivity contribution < 1.29 is 0 Å². The maximum atomic E-state index is 11.4. The summed E-state index contributed by atoms with van der Waals surface area (Å²) in [5.74, 6) is 0.835. The van der Waals surface area contributed by atoms with Gasteiger partial charge in [0, 0.05) is 18.8 Å². The number of aromatic amines is 1. The van der Waals surface area contributed by atoms with E-state index in [0.29, 0.717) is 0 Å². The fourth-order valence-corrected chi connectivity index (χ4v) is 3.02. The van der Waals surface area contributed by atoms with E-state index >= 15 is 0 Å². The van der Waals surface area contributed by atoms with Crippen molar-refractivity contribution in [2.75, 3.05) is 12.3 Å². The van der Waals surface area contributed by atoms with E-state index in [-0.39, 0.29) is 11.7 Å². The number of nitrogens with one attached hydrogen (secondary N) is 2. The zero-order valence-electron chi connectivity index (χ0n) is 12.7. The van der Waals surface area contributed by atoms with E-state index in [0.717, 1.165) is 23.9 Å². The van der Waals surface area contributed by atoms with Gasteiger partial charge in [0.15, 0.2) is 5.16 Å². The van der Waals surface area contributed by atoms with Gasteiger partial charge in [0.1, 0.15) is 0 Å². The third-order valence-electron chi connectivity index (χ3n) is 3.34. The molecule has 114 valence electrons. The highest BCUT2D eigenvalue weighted by Crippen LogP contribution is 2.22. The van der Waals surface area contributed by atoms with Crippen LogP contribution in [0.3, 0.4) is 0 Å². The molecule has 0 bridgehead atoms. The smallest absolute Gasteiger partial charge is 0.309 e. The summed E-state index contributed by atoms with van der Waals surface area (Å²) >= 11 is 1.58. The molecule has 0 amide bonds. The first kappa shape index (κ1) is 15.9. The minimum absolute atomic E-state index is 0.175. The number of nitrogens with zero attached hydrogens (tertiary/aromatic N) is 2. The number of benzene rings is 1. The van der Waals surface area contributed by atoms with Crippen LogP contribution >= 0.6 is 11.8 Å². The van der Waals surface area contributed by atoms with Gasteiger partial charge in [-0.1, -0.05) is 48.5 Å². The van der Waals surface area contributed by atoms with Crippen LogP contribution in [0.4, 0.5) is 0 Å². The third kappa shape index (κ3) is 4.22. The number of aryl methyl sites for hydroxylation is 1. The van der Waals surface area contributed by atoms with Crippen LogP contribution in [0, 0.1) is 6.92 Å². The van der Waals surface area contributed by atoms with Gasteiger partial charge in [0.05, 0.1) is 0 Å². The molecule has 1 heterocycles. The quantitative estimate of drug-likeness (QED) is 0.770. The molecule has 1 aromatic heterocycles. The third-order valence-corrected chi connectivity index (χ3v) is 4.46. The first-order valence-electron chi connectivity index (χ1n) is 7.16. The van der Waals surface area contributed by atoms with Crippen molar-refractivity contribution in [1.29, 1.82) is 0 Å². The van der Waals surface area contributed by atoms with Gasteiger partial charge in [-0.3, -0.25) is 4.57 Å². The van der Waals surface area contributed by atoms with E-state index in [2.05, 4.69) is 53.6 Å². The lowest BCUT2D eigenvalue weighted by molar-refractivity contribution is 0.576. The minimum atomic E-state index is -0.175. The highest BCUT2D eigenvalue weighted by molar-refractivity contribution is 7.99. The second-order valence-electron chi connectivity index (χ2n) is 5.10. The molecule has 1 aromatic carbocycles. The van der Waals surface area contributed by atoms with E-state index in [1.54, 1.807) is 18.8 Å². The van der Waals surface area contributed by atoms with Crippen molar-refractivity contribution in [3.63, 3.8) is 0 Å². The number of hydrogen-bond donors (Lipinski definition) is 2. The van der Waals surface area contributed by atoms with Crippen molar-refractivity contribution in [3.8, 4) is 0 Å². The predicted molar refractivity (Wildman–Crippen MR) is 86.8 cm³/mol. The Hall–Kier alpha value is -1.53. The van der Waals surface area contributed by atoms with Crippen molar-refractivity contribution >= 4 is 11.8 Å². The molecule has 0 spiro atoms. The van der Waals surface area contributed by atoms with Crippen molar-refractivity contribution in [2.45, 2.75) is 31.5 Å². The molecular weight excluding hydrogens is 284 g/mol. The number of rotatable bonds is 7. The standard InChI is InChI=1S/C15H22N4OS/c1-4-9-16-13(12-7-5-11(2)6-8-12)10-21-15-18-17-14(20)19(15)3/h5-8,13,16H,4,9-10H2,1-3H3,(H,17,20). The summed E-state index contributed by atoms with van der Waals surface area (Å²) in [4.78, 5) is 11.4. The van der Waals surface area contributed by atoms with Crippen LogP contribution in [0.5, 0.6) is 0 Å². The maximum absolute atomic E-state index is 11.4. The number of thioether (sulfide) groups is 1. The van der Waals surface area contributed by atoms with Crippen LogP contribution in [-0.2, 0) is 7.05 Å². The Labute approximate surface area is 129 Å². The summed E-state index contributed by atoms with van der Waals surface area (Å²) in [7, 11) is 1.73. The van der Waals surface area contributed by atoms with Crippen LogP contribution in [0.25, 0.3) is 0 Å². The van der Waals surface area contributed by atoms with Crippen molar-refractivity contribution in [2.24, 2.45) is 7.05 Å². The molecular formula is C15H22N4OS. The van der Waals surface area contributed by atoms with Crippen LogP contribution in [0.15, 0.2) is 34.2 Å². The second kappa shape index (κ2) is 7.47. The van der Waals surface area contributed by atoms with Crippen LogP contribution < -0.4 is 11.0 Å². The van der Waals surface area contributed by atoms with Crippen LogP contribution in [-0.4, -0.2) is 27.1 Å². The first-order chi connectivity index (χ1) is 10.1. The predicted octanol–water partition coefficient (Wildman–Crippen LogP) is 2.25. The SMILES string of the molecule is CCCNC(CSc1n[nH]c(=O)n1C)c1ccc(C)cc1. The summed E-state index contributed by atoms with van der Waals surface area (Å²) < 4.78 is 1.54. The molecule has 0 aliphatic rings. The normalized spacial score (nSPS) is 12.5. The molecule has 2 N–H and O–H groups in total. The van der Waals surface area contributed by atoms with Gasteiger partial charge in [-0.15, -0.1) is 5.10 Å². The van der Waals surface area contributed by atoms with Gasteiger partial charge in [0.25, 0.3) is 0 Å². The van der Waals surface area contributed by atoms with Crippen molar-refractivity contribution in [3.05, 3.63) is 45.9 Å². The zero-order chi connectivity index (χ0) is 15.2. The summed E-state index contributed by atoms with van der Waals surface area (Å²) in [5.41, 5.74) is 2.35. The number of hydrogen-bond acceptors (Lipinski definition) is 4. The summed E-state index contributed by atoms with van der Waals surface area (Å²) in [5, 5.41) is 10.8. The molecule has 0 saturated carbocycles. The Balaban J connectivity index is 2.07.